The van der Waals surface area contributed by atoms with Gasteiger partial charge in [0.15, 0.2) is 17.5 Å². The monoisotopic (exact) mass is 911 g/mol. The lowest BCUT2D eigenvalue weighted by molar-refractivity contribution is 0.199. The summed E-state index contributed by atoms with van der Waals surface area (Å²) < 4.78 is 6.37. The molecule has 2 saturated carbocycles. The minimum atomic E-state index is -0.560. The van der Waals surface area contributed by atoms with E-state index in [4.69, 9.17) is 25.8 Å². The number of nitrogens with zero attached hydrogens (tertiary/aromatic N) is 7. The largest absolute Gasteiger partial charge is 0.385 e. The third kappa shape index (κ3) is 8.79. The van der Waals surface area contributed by atoms with Gasteiger partial charge in [0.2, 0.25) is 0 Å². The molecular weight excluding hydrogens is 845 g/mol. The smallest absolute Gasteiger partial charge is 0.160 e. The van der Waals surface area contributed by atoms with Crippen molar-refractivity contribution in [3.8, 4) is 11.6 Å². The Morgan fingerprint density at radius 1 is 0.594 bits per heavy atom. The molecule has 8 nitrogen and oxygen atoms in total. The molecule has 0 unspecified atom stereocenters. The lowest BCUT2D eigenvalue weighted by Gasteiger charge is -2.34. The fourth-order valence-corrected chi connectivity index (χ4v) is 11.8. The number of allylic oxidation sites excluding steroid dienone is 1. The summed E-state index contributed by atoms with van der Waals surface area (Å²) in [6.07, 6.45) is 23.2. The topological polar surface area (TPSA) is 91.8 Å². The first-order chi connectivity index (χ1) is 33.5. The summed E-state index contributed by atoms with van der Waals surface area (Å²) in [6, 6.07) is 45.3. The van der Waals surface area contributed by atoms with E-state index in [1.54, 1.807) is 0 Å². The van der Waals surface area contributed by atoms with Gasteiger partial charge < -0.3 is 5.73 Å². The van der Waals surface area contributed by atoms with Crippen molar-refractivity contribution in [3.05, 3.63) is 162 Å². The summed E-state index contributed by atoms with van der Waals surface area (Å²) in [7, 11) is 0. The normalized spacial score (nSPS) is 16.7. The van der Waals surface area contributed by atoms with Crippen molar-refractivity contribution >= 4 is 61.5 Å². The molecule has 11 rings (SSSR count). The lowest BCUT2D eigenvalue weighted by Crippen LogP contribution is -2.25. The van der Waals surface area contributed by atoms with E-state index in [0.29, 0.717) is 22.5 Å². The molecule has 0 spiro atoms. The fourth-order valence-electron chi connectivity index (χ4n) is 11.8. The standard InChI is InChI=1S/C61H66N8/c1-59(2,53-39-43(27-35-60(3)31-15-5-16-32-60)41-56(64-53)63-37-29-55(62)68-49-23-11-7-19-45(49)46-20-8-12-24-50(46)68)54-40-44(28-36-61(4)33-17-6-18-34-61)42-58(65-54)67-38-30-57(66-67)69-51-25-13-9-21-47(51)48-22-10-14-26-52(48)69/h7-14,19-26,29-30,37-42H,5-6,15-18,27-28,31-36,62H2,1-4H3. The van der Waals surface area contributed by atoms with Crippen LogP contribution in [-0.2, 0) is 18.3 Å². The number of rotatable bonds is 13. The first-order valence-electron chi connectivity index (χ1n) is 25.6. The zero-order valence-electron chi connectivity index (χ0n) is 41.0. The molecule has 2 aliphatic carbocycles. The molecular formula is C61H66N8. The van der Waals surface area contributed by atoms with E-state index in [0.717, 1.165) is 70.8 Å². The van der Waals surface area contributed by atoms with Gasteiger partial charge in [0.1, 0.15) is 5.82 Å². The second kappa shape index (κ2) is 18.3. The SMILES string of the molecule is CC1(CCc2cc(N=CC=C(N)n3c4ccccc4c4ccccc43)nc(C(C)(C)c3cc(CCC4(C)CCCCC4)cc(-n4ccc(-n5c6ccccc6c6ccccc65)n4)n3)c2)CCCCC1. The van der Waals surface area contributed by atoms with Crippen LogP contribution in [0.1, 0.15) is 127 Å². The number of pyridine rings is 2. The van der Waals surface area contributed by atoms with Crippen LogP contribution in [0.3, 0.4) is 0 Å². The molecule has 5 heterocycles. The number of para-hydroxylation sites is 4. The Bertz CT molecular complexity index is 3270. The number of benzene rings is 4. The average molecular weight is 911 g/mol. The summed E-state index contributed by atoms with van der Waals surface area (Å²) in [4.78, 5) is 15.9. The van der Waals surface area contributed by atoms with Crippen LogP contribution in [0, 0.1) is 10.8 Å². The Balaban J connectivity index is 0.981. The van der Waals surface area contributed by atoms with Crippen molar-refractivity contribution in [1.82, 2.24) is 28.9 Å². The van der Waals surface area contributed by atoms with Crippen molar-refractivity contribution in [2.24, 2.45) is 21.6 Å². The first kappa shape index (κ1) is 44.7. The summed E-state index contributed by atoms with van der Waals surface area (Å²) >= 11 is 0. The highest BCUT2D eigenvalue weighted by molar-refractivity contribution is 6.10. The number of hydrogen-bond acceptors (Lipinski definition) is 5. The summed E-state index contributed by atoms with van der Waals surface area (Å²) in [5.74, 6) is 2.97. The molecule has 0 amide bonds. The minimum Gasteiger partial charge on any atom is -0.385 e. The Hall–Kier alpha value is -6.80. The molecule has 0 saturated heterocycles. The van der Waals surface area contributed by atoms with E-state index in [2.05, 4.69) is 170 Å². The van der Waals surface area contributed by atoms with E-state index in [1.165, 1.54) is 96.9 Å². The zero-order chi connectivity index (χ0) is 47.2. The molecule has 0 atom stereocenters. The number of aliphatic imine (C=N–C) groups is 1. The maximum absolute atomic E-state index is 6.92. The van der Waals surface area contributed by atoms with Crippen LogP contribution in [0.2, 0.25) is 0 Å². The second-order valence-electron chi connectivity index (χ2n) is 21.5. The van der Waals surface area contributed by atoms with E-state index in [-0.39, 0.29) is 0 Å². The quantitative estimate of drug-likeness (QED) is 0.117. The predicted octanol–water partition coefficient (Wildman–Crippen LogP) is 15.2. The van der Waals surface area contributed by atoms with Crippen LogP contribution in [0.5, 0.6) is 0 Å². The molecule has 2 aliphatic rings. The van der Waals surface area contributed by atoms with Gasteiger partial charge in [-0.25, -0.2) is 19.6 Å². The first-order valence-corrected chi connectivity index (χ1v) is 25.6. The van der Waals surface area contributed by atoms with Gasteiger partial charge in [-0.3, -0.25) is 9.13 Å². The van der Waals surface area contributed by atoms with Crippen molar-refractivity contribution in [1.29, 1.82) is 0 Å². The van der Waals surface area contributed by atoms with Crippen LogP contribution in [0.15, 0.2) is 145 Å². The maximum atomic E-state index is 6.92. The van der Waals surface area contributed by atoms with E-state index >= 15 is 0 Å². The zero-order valence-corrected chi connectivity index (χ0v) is 41.0. The number of hydrogen-bond donors (Lipinski definition) is 1. The van der Waals surface area contributed by atoms with E-state index in [9.17, 15) is 0 Å². The number of nitrogens with two attached hydrogens (primary N) is 1. The molecule has 0 aliphatic heterocycles. The molecule has 2 fully saturated rings. The summed E-state index contributed by atoms with van der Waals surface area (Å²) in [5, 5.41) is 10.1. The highest BCUT2D eigenvalue weighted by atomic mass is 15.3. The molecule has 2 N–H and O–H groups in total. The Morgan fingerprint density at radius 2 is 1.07 bits per heavy atom. The van der Waals surface area contributed by atoms with Crippen molar-refractivity contribution in [2.75, 3.05) is 0 Å². The highest BCUT2D eigenvalue weighted by Crippen LogP contribution is 2.42. The average Bonchev–Trinajstić information content (AvgIpc) is 4.09. The molecule has 8 heteroatoms. The van der Waals surface area contributed by atoms with Gasteiger partial charge in [-0.05, 0) is 142 Å². The second-order valence-corrected chi connectivity index (χ2v) is 21.5. The minimum absolute atomic E-state index is 0.349. The van der Waals surface area contributed by atoms with Gasteiger partial charge in [0.05, 0.1) is 33.5 Å². The number of fused-ring (bicyclic) bond motifs is 6. The number of aryl methyl sites for hydroxylation is 2. The van der Waals surface area contributed by atoms with Crippen molar-refractivity contribution in [2.45, 2.75) is 123 Å². The summed E-state index contributed by atoms with van der Waals surface area (Å²) in [6.45, 7) is 9.55. The van der Waals surface area contributed by atoms with Gasteiger partial charge in [0, 0.05) is 45.4 Å². The molecule has 0 bridgehead atoms. The Morgan fingerprint density at radius 3 is 1.62 bits per heavy atom. The maximum Gasteiger partial charge on any atom is 0.160 e. The molecule has 69 heavy (non-hydrogen) atoms. The third-order valence-corrected chi connectivity index (χ3v) is 16.1. The fraction of sp³-hybridized carbons (Fsp3) is 0.344. The van der Waals surface area contributed by atoms with E-state index in [1.807, 2.05) is 17.0 Å². The van der Waals surface area contributed by atoms with Crippen molar-refractivity contribution in [3.63, 3.8) is 0 Å². The van der Waals surface area contributed by atoms with Gasteiger partial charge in [-0.15, -0.1) is 5.10 Å². The molecule has 5 aromatic heterocycles. The Labute approximate surface area is 407 Å². The van der Waals surface area contributed by atoms with Crippen LogP contribution >= 0.6 is 0 Å². The van der Waals surface area contributed by atoms with Gasteiger partial charge >= 0.3 is 0 Å². The molecule has 9 aromatic rings. The molecule has 0 radical (unpaired) electrons. The van der Waals surface area contributed by atoms with Crippen LogP contribution in [0.4, 0.5) is 5.82 Å². The van der Waals surface area contributed by atoms with Crippen LogP contribution < -0.4 is 5.73 Å². The predicted molar refractivity (Wildman–Crippen MR) is 287 cm³/mol. The summed E-state index contributed by atoms with van der Waals surface area (Å²) in [5.41, 5.74) is 16.0. The molecule has 350 valence electrons. The number of aromatic nitrogens is 6. The van der Waals surface area contributed by atoms with E-state index < -0.39 is 5.41 Å². The molecule has 4 aromatic carbocycles. The van der Waals surface area contributed by atoms with Crippen molar-refractivity contribution < 1.29 is 0 Å². The van der Waals surface area contributed by atoms with Crippen LogP contribution in [-0.4, -0.2) is 35.1 Å². The van der Waals surface area contributed by atoms with Gasteiger partial charge in [-0.2, -0.15) is 0 Å². The third-order valence-electron chi connectivity index (χ3n) is 16.1. The van der Waals surface area contributed by atoms with Gasteiger partial charge in [0.25, 0.3) is 0 Å². The van der Waals surface area contributed by atoms with Gasteiger partial charge in [-0.1, -0.05) is 125 Å². The lowest BCUT2D eigenvalue weighted by atomic mass is 9.72. The highest BCUT2D eigenvalue weighted by Gasteiger charge is 2.32. The Kier molecular flexibility index (Phi) is 11.8. The van der Waals surface area contributed by atoms with Crippen LogP contribution in [0.25, 0.3) is 61.1 Å².